The Morgan fingerprint density at radius 2 is 2.16 bits per heavy atom. The van der Waals surface area contributed by atoms with Crippen molar-refractivity contribution in [3.63, 3.8) is 0 Å². The van der Waals surface area contributed by atoms with E-state index in [1.807, 2.05) is 32.8 Å². The minimum atomic E-state index is -0.258. The van der Waals surface area contributed by atoms with Crippen LogP contribution in [-0.2, 0) is 0 Å². The van der Waals surface area contributed by atoms with E-state index < -0.39 is 0 Å². The second-order valence-electron chi connectivity index (χ2n) is 4.67. The summed E-state index contributed by atoms with van der Waals surface area (Å²) < 4.78 is 14.9. The molecule has 1 aromatic carbocycles. The molecule has 2 rings (SSSR count). The van der Waals surface area contributed by atoms with Gasteiger partial charge in [0.1, 0.15) is 5.82 Å². The SMILES string of the molecule is CCNc1nc2cc(NN(C)C(C)C)c(F)cc2s1. The molecule has 0 saturated carbocycles. The Kier molecular flexibility index (Phi) is 4.21. The predicted octanol–water partition coefficient (Wildman–Crippen LogP) is 3.53. The van der Waals surface area contributed by atoms with Gasteiger partial charge < -0.3 is 10.7 Å². The number of benzene rings is 1. The van der Waals surface area contributed by atoms with Crippen LogP contribution in [0.25, 0.3) is 10.2 Å². The second kappa shape index (κ2) is 5.71. The van der Waals surface area contributed by atoms with Crippen LogP contribution in [0.4, 0.5) is 15.2 Å². The minimum Gasteiger partial charge on any atom is -0.362 e. The summed E-state index contributed by atoms with van der Waals surface area (Å²) in [5, 5.41) is 5.84. The number of thiazole rings is 1. The summed E-state index contributed by atoms with van der Waals surface area (Å²) in [7, 11) is 1.89. The van der Waals surface area contributed by atoms with Crippen LogP contribution in [0.1, 0.15) is 20.8 Å². The van der Waals surface area contributed by atoms with E-state index in [1.165, 1.54) is 17.4 Å². The molecule has 0 spiro atoms. The van der Waals surface area contributed by atoms with Crippen LogP contribution in [0, 0.1) is 5.82 Å². The van der Waals surface area contributed by atoms with Gasteiger partial charge in [-0.2, -0.15) is 0 Å². The summed E-state index contributed by atoms with van der Waals surface area (Å²) in [4.78, 5) is 4.44. The molecule has 0 saturated heterocycles. The highest BCUT2D eigenvalue weighted by atomic mass is 32.1. The summed E-state index contributed by atoms with van der Waals surface area (Å²) in [5.41, 5.74) is 4.31. The van der Waals surface area contributed by atoms with Crippen molar-refractivity contribution in [1.29, 1.82) is 0 Å². The molecule has 0 radical (unpaired) electrons. The molecule has 0 aliphatic rings. The molecule has 104 valence electrons. The third kappa shape index (κ3) is 3.13. The van der Waals surface area contributed by atoms with Crippen molar-refractivity contribution in [1.82, 2.24) is 9.99 Å². The number of halogens is 1. The van der Waals surface area contributed by atoms with E-state index in [2.05, 4.69) is 15.7 Å². The largest absolute Gasteiger partial charge is 0.362 e. The van der Waals surface area contributed by atoms with Crippen molar-refractivity contribution >= 4 is 32.4 Å². The molecule has 4 nitrogen and oxygen atoms in total. The van der Waals surface area contributed by atoms with Gasteiger partial charge in [0.15, 0.2) is 5.13 Å². The molecule has 0 bridgehead atoms. The van der Waals surface area contributed by atoms with Gasteiger partial charge in [0.2, 0.25) is 0 Å². The Morgan fingerprint density at radius 1 is 1.42 bits per heavy atom. The van der Waals surface area contributed by atoms with Gasteiger partial charge in [-0.05, 0) is 32.9 Å². The minimum absolute atomic E-state index is 0.258. The molecule has 0 fully saturated rings. The zero-order valence-electron chi connectivity index (χ0n) is 11.6. The molecule has 0 aliphatic carbocycles. The predicted molar refractivity (Wildman–Crippen MR) is 80.3 cm³/mol. The maximum Gasteiger partial charge on any atom is 0.183 e. The molecule has 1 heterocycles. The Labute approximate surface area is 116 Å². The molecular formula is C13H19FN4S. The van der Waals surface area contributed by atoms with E-state index in [9.17, 15) is 4.39 Å². The van der Waals surface area contributed by atoms with Gasteiger partial charge >= 0.3 is 0 Å². The lowest BCUT2D eigenvalue weighted by Gasteiger charge is -2.23. The number of rotatable bonds is 5. The van der Waals surface area contributed by atoms with Crippen molar-refractivity contribution in [3.8, 4) is 0 Å². The first kappa shape index (κ1) is 14.0. The van der Waals surface area contributed by atoms with Crippen LogP contribution in [0.5, 0.6) is 0 Å². The highest BCUT2D eigenvalue weighted by Gasteiger charge is 2.11. The first-order valence-corrected chi connectivity index (χ1v) is 7.16. The Morgan fingerprint density at radius 3 is 2.79 bits per heavy atom. The van der Waals surface area contributed by atoms with Gasteiger partial charge in [-0.15, -0.1) is 0 Å². The zero-order chi connectivity index (χ0) is 14.0. The average Bonchev–Trinajstić information content (AvgIpc) is 2.71. The third-order valence-corrected chi connectivity index (χ3v) is 3.85. The summed E-state index contributed by atoms with van der Waals surface area (Å²) in [6, 6.07) is 3.56. The molecule has 1 aromatic heterocycles. The number of nitrogens with one attached hydrogen (secondary N) is 2. The summed E-state index contributed by atoms with van der Waals surface area (Å²) in [6.45, 7) is 6.89. The number of hydrazine groups is 1. The number of hydrogen-bond acceptors (Lipinski definition) is 5. The third-order valence-electron chi connectivity index (χ3n) is 2.88. The van der Waals surface area contributed by atoms with E-state index in [0.717, 1.165) is 21.9 Å². The van der Waals surface area contributed by atoms with Crippen LogP contribution < -0.4 is 10.7 Å². The number of aromatic nitrogens is 1. The summed E-state index contributed by atoms with van der Waals surface area (Å²) in [5.74, 6) is -0.258. The first-order valence-electron chi connectivity index (χ1n) is 6.34. The smallest absolute Gasteiger partial charge is 0.183 e. The van der Waals surface area contributed by atoms with Crippen molar-refractivity contribution in [3.05, 3.63) is 17.9 Å². The number of anilines is 2. The maximum atomic E-state index is 14.0. The van der Waals surface area contributed by atoms with Crippen molar-refractivity contribution in [2.75, 3.05) is 24.3 Å². The monoisotopic (exact) mass is 282 g/mol. The van der Waals surface area contributed by atoms with E-state index in [1.54, 1.807) is 6.07 Å². The number of fused-ring (bicyclic) bond motifs is 1. The van der Waals surface area contributed by atoms with Crippen molar-refractivity contribution in [2.45, 2.75) is 26.8 Å². The van der Waals surface area contributed by atoms with Crippen molar-refractivity contribution in [2.24, 2.45) is 0 Å². The van der Waals surface area contributed by atoms with Crippen LogP contribution in [0.15, 0.2) is 12.1 Å². The highest BCUT2D eigenvalue weighted by Crippen LogP contribution is 2.30. The highest BCUT2D eigenvalue weighted by molar-refractivity contribution is 7.22. The summed E-state index contributed by atoms with van der Waals surface area (Å²) in [6.07, 6.45) is 0. The van der Waals surface area contributed by atoms with Crippen LogP contribution in [0.2, 0.25) is 0 Å². The molecule has 0 aliphatic heterocycles. The van der Waals surface area contributed by atoms with Crippen LogP contribution >= 0.6 is 11.3 Å². The van der Waals surface area contributed by atoms with Gasteiger partial charge in [0.05, 0.1) is 15.9 Å². The molecule has 2 N–H and O–H groups in total. The molecule has 0 amide bonds. The normalized spacial score (nSPS) is 11.5. The first-order chi connectivity index (χ1) is 9.01. The maximum absolute atomic E-state index is 14.0. The number of nitrogens with zero attached hydrogens (tertiary/aromatic N) is 2. The Bertz CT molecular complexity index is 567. The standard InChI is InChI=1S/C13H19FN4S/c1-5-15-13-16-11-7-10(17-18(4)8(2)3)9(14)6-12(11)19-13/h6-8,17H,5H2,1-4H3,(H,15,16). The van der Waals surface area contributed by atoms with E-state index in [-0.39, 0.29) is 11.9 Å². The van der Waals surface area contributed by atoms with Gasteiger partial charge in [0.25, 0.3) is 0 Å². The Hall–Kier alpha value is -1.40. The molecule has 0 atom stereocenters. The fourth-order valence-electron chi connectivity index (χ4n) is 1.58. The van der Waals surface area contributed by atoms with Gasteiger partial charge in [0, 0.05) is 19.6 Å². The molecule has 6 heteroatoms. The molecule has 2 aromatic rings. The topological polar surface area (TPSA) is 40.2 Å². The van der Waals surface area contributed by atoms with Gasteiger partial charge in [-0.1, -0.05) is 11.3 Å². The lowest BCUT2D eigenvalue weighted by molar-refractivity contribution is 0.328. The van der Waals surface area contributed by atoms with Gasteiger partial charge in [-0.25, -0.2) is 14.4 Å². The zero-order valence-corrected chi connectivity index (χ0v) is 12.4. The molecule has 19 heavy (non-hydrogen) atoms. The molecular weight excluding hydrogens is 263 g/mol. The fraction of sp³-hybridized carbons (Fsp3) is 0.462. The van der Waals surface area contributed by atoms with Crippen molar-refractivity contribution < 1.29 is 4.39 Å². The van der Waals surface area contributed by atoms with Gasteiger partial charge in [-0.3, -0.25) is 0 Å². The summed E-state index contributed by atoms with van der Waals surface area (Å²) >= 11 is 1.47. The van der Waals surface area contributed by atoms with E-state index in [4.69, 9.17) is 0 Å². The Balaban J connectivity index is 2.32. The van der Waals surface area contributed by atoms with E-state index in [0.29, 0.717) is 5.69 Å². The lowest BCUT2D eigenvalue weighted by Crippen LogP contribution is -2.32. The van der Waals surface area contributed by atoms with Crippen LogP contribution in [0.3, 0.4) is 0 Å². The quantitative estimate of drug-likeness (QED) is 0.823. The van der Waals surface area contributed by atoms with E-state index >= 15 is 0 Å². The van der Waals surface area contributed by atoms with Crippen LogP contribution in [-0.4, -0.2) is 29.6 Å². The lowest BCUT2D eigenvalue weighted by atomic mass is 10.3. The second-order valence-corrected chi connectivity index (χ2v) is 5.70. The number of hydrogen-bond donors (Lipinski definition) is 2. The fourth-order valence-corrected chi connectivity index (χ4v) is 2.52. The molecule has 0 unspecified atom stereocenters. The average molecular weight is 282 g/mol.